The number of halogens is 3. The zero-order valence-electron chi connectivity index (χ0n) is 70.9. The van der Waals surface area contributed by atoms with Crippen LogP contribution in [0.1, 0.15) is 197 Å². The molecule has 8 aliphatic heterocycles. The molecule has 0 bridgehead atoms. The Morgan fingerprint density at radius 1 is 0.462 bits per heavy atom. The van der Waals surface area contributed by atoms with Crippen molar-refractivity contribution in [3.05, 3.63) is 244 Å². The molecule has 8 aromatic rings. The van der Waals surface area contributed by atoms with E-state index in [1.807, 2.05) is 167 Å². The molecule has 0 aliphatic carbocycles. The van der Waals surface area contributed by atoms with E-state index in [0.717, 1.165) is 126 Å². The van der Waals surface area contributed by atoms with Gasteiger partial charge in [-0.3, -0.25) is 62.7 Å². The summed E-state index contributed by atoms with van der Waals surface area (Å²) in [6.45, 7) is 21.8. The molecule has 2 atom stereocenters. The molecule has 0 saturated heterocycles. The van der Waals surface area contributed by atoms with E-state index < -0.39 is 30.6 Å². The van der Waals surface area contributed by atoms with Gasteiger partial charge in [-0.1, -0.05) is 74.2 Å². The average molecular weight is 2060 g/mol. The van der Waals surface area contributed by atoms with E-state index in [4.69, 9.17) is 0 Å². The van der Waals surface area contributed by atoms with E-state index in [-0.39, 0.29) is 102 Å². The number of Topliss-reactive ketones (excluding diaryl/α,β-unsaturated/α-hetero) is 1. The Kier molecular flexibility index (Phi) is 36.8. The predicted molar refractivity (Wildman–Crippen MR) is 503 cm³/mol. The number of carbonyl (C=O) groups is 5. The number of aryl methyl sites for hydroxylation is 4. The van der Waals surface area contributed by atoms with Gasteiger partial charge in [-0.2, -0.15) is 20.4 Å². The average Bonchev–Trinajstić information content (AvgIpc) is 1.75. The number of carbonyl (C=O) groups excluding carboxylic acids is 5. The molecule has 2 N–H and O–H groups in total. The molecule has 3 radical (unpaired) electrons. The van der Waals surface area contributed by atoms with Gasteiger partial charge in [0.2, 0.25) is 23.6 Å². The third-order valence-corrected chi connectivity index (χ3v) is 39.7. The molecule has 4 amide bonds. The van der Waals surface area contributed by atoms with Gasteiger partial charge in [0.15, 0.2) is 5.78 Å². The molecule has 16 rings (SSSR count). The fourth-order valence-corrected chi connectivity index (χ4v) is 31.6. The van der Waals surface area contributed by atoms with Crippen molar-refractivity contribution in [2.45, 2.75) is 146 Å². The number of hydrogen-bond acceptors (Lipinski definition) is 15. The first-order chi connectivity index (χ1) is 55.9. The van der Waals surface area contributed by atoms with Crippen LogP contribution in [0.25, 0.3) is 22.8 Å². The van der Waals surface area contributed by atoms with E-state index in [0.29, 0.717) is 49.7 Å². The Morgan fingerprint density at radius 3 is 1.02 bits per heavy atom. The first-order valence-corrected chi connectivity index (χ1v) is 54.8. The van der Waals surface area contributed by atoms with Crippen LogP contribution in [-0.2, 0) is 73.1 Å². The SMILES string of the molecule is C.C=[C](C)[Sn]([CH2]CCC)([CH2]CCC)[CH2]CCC.CC(=O)c1cccc2c1CCN1C(=O)CN=C(c3ccn(C)n3)C=C21.CC(O)c1cccc2c1CCN1C(=O)CN=C(c3ccn(C)n3)C=C21.CC(O)c1cccc2c1CCN1C(=O)CN=C(c3ccn(C)n3)C=C21.Cn1ccc(C2=NCC(=O)N3CCc4c(I)cccc4C3=C2)n1.II.[B].[H-].[Na+]. The summed E-state index contributed by atoms with van der Waals surface area (Å²) < 4.78 is 14.5. The molecule has 23 nitrogen and oxygen atoms in total. The van der Waals surface area contributed by atoms with Gasteiger partial charge >= 0.3 is 138 Å². The fourth-order valence-electron chi connectivity index (χ4n) is 16.2. The molecular weight excluding hydrogens is 1950 g/mol. The van der Waals surface area contributed by atoms with Crippen LogP contribution in [-0.4, -0.2) is 200 Å². The van der Waals surface area contributed by atoms with Crippen molar-refractivity contribution >= 4 is 162 Å². The van der Waals surface area contributed by atoms with Crippen LogP contribution >= 0.6 is 59.8 Å². The Labute approximate surface area is 767 Å². The monoisotopic (exact) mass is 2060 g/mol. The van der Waals surface area contributed by atoms with Crippen LogP contribution in [0.4, 0.5) is 0 Å². The number of aliphatic hydroxyl groups is 2. The van der Waals surface area contributed by atoms with Crippen LogP contribution in [0.15, 0.2) is 176 Å². The van der Waals surface area contributed by atoms with E-state index in [9.17, 15) is 34.2 Å². The number of allylic oxidation sites excluding steroid dienone is 5. The van der Waals surface area contributed by atoms with Crippen molar-refractivity contribution in [1.29, 1.82) is 0 Å². The zero-order valence-corrected chi connectivity index (χ0v) is 81.2. The number of aliphatic imine (C=N–C) groups is 4. The Balaban J connectivity index is 0.000000206. The van der Waals surface area contributed by atoms with Crippen molar-refractivity contribution in [3.63, 3.8) is 0 Å². The Hall–Kier alpha value is -7.38. The van der Waals surface area contributed by atoms with Crippen molar-refractivity contribution in [1.82, 2.24) is 58.7 Å². The van der Waals surface area contributed by atoms with Crippen molar-refractivity contribution in [2.75, 3.05) is 52.4 Å². The Morgan fingerprint density at radius 2 is 0.739 bits per heavy atom. The van der Waals surface area contributed by atoms with Gasteiger partial charge in [-0.25, -0.2) is 0 Å². The van der Waals surface area contributed by atoms with Crippen LogP contribution in [0.2, 0.25) is 13.3 Å². The van der Waals surface area contributed by atoms with E-state index in [1.54, 1.807) is 71.1 Å². The summed E-state index contributed by atoms with van der Waals surface area (Å²) in [6.07, 6.45) is 25.7. The van der Waals surface area contributed by atoms with Crippen LogP contribution in [0.5, 0.6) is 0 Å². The fraction of sp³-hybridized carbons (Fsp3) is 0.389. The number of hydrogen-bond donors (Lipinski definition) is 2. The summed E-state index contributed by atoms with van der Waals surface area (Å²) in [7, 11) is 7.44. The third-order valence-electron chi connectivity index (χ3n) is 22.3. The predicted octanol–water partition coefficient (Wildman–Crippen LogP) is 12.6. The first-order valence-electron chi connectivity index (χ1n) is 40.0. The summed E-state index contributed by atoms with van der Waals surface area (Å²) in [5, 5.41) is 37.8. The molecule has 0 spiro atoms. The quantitative estimate of drug-likeness (QED) is 0.0492. The number of ketones is 1. The van der Waals surface area contributed by atoms with Gasteiger partial charge in [0.25, 0.3) is 0 Å². The van der Waals surface area contributed by atoms with Gasteiger partial charge in [0.1, 0.15) is 49.0 Å². The number of fused-ring (bicyclic) bond motifs is 12. The Bertz CT molecular complexity index is 5110. The molecule has 8 aliphatic rings. The van der Waals surface area contributed by atoms with E-state index >= 15 is 0 Å². The second kappa shape index (κ2) is 45.1. The standard InChI is InChI=1S/2C19H20N4O2.C19H18N4O2.C17H15IN4O.3C4H9.C3H5.CH4.B.I2.Na.Sn.H/c3*1-12(24)13-4-3-5-15-14(13)6-9-23-18(15)10-17(20-11-19(23)25)16-7-8-22(2)21-16;1-21-7-6-14(20-21)15-9-16-12-3-2-4-13(18)11(12)5-8-22(16)17(23)10-19-15;3*1-3-4-2;1-3-2;;;1-2;;;/h2*3-5,7-8,10,12,24H,6,9,11H2,1-2H3;3-5,7-8,10H,6,9,11H2,1-2H3;2-4,6-7,9H,5,8,10H2,1H3;3*1,3-4H2,2H3;1H2,2H3;1H4;;;;;/q;;;;;;;;;;;+1;;-1. The third kappa shape index (κ3) is 23.1. The molecule has 0 saturated carbocycles. The summed E-state index contributed by atoms with van der Waals surface area (Å²) in [6, 6.07) is 31.3. The van der Waals surface area contributed by atoms with Crippen LogP contribution in [0, 0.1) is 3.57 Å². The number of benzene rings is 4. The number of nitrogens with zero attached hydrogens (tertiary/aromatic N) is 16. The first kappa shape index (κ1) is 97.1. The van der Waals surface area contributed by atoms with Gasteiger partial charge < -0.3 is 31.2 Å². The van der Waals surface area contributed by atoms with Gasteiger partial charge in [0, 0.05) is 156 Å². The van der Waals surface area contributed by atoms with Crippen molar-refractivity contribution in [3.8, 4) is 0 Å². The zero-order chi connectivity index (χ0) is 83.1. The minimum Gasteiger partial charge on any atom is -1.00 e. The molecule has 2 unspecified atom stereocenters. The molecule has 29 heteroatoms. The van der Waals surface area contributed by atoms with E-state index in [2.05, 4.69) is 147 Å². The molecule has 119 heavy (non-hydrogen) atoms. The van der Waals surface area contributed by atoms with Crippen LogP contribution < -0.4 is 29.6 Å². The molecule has 12 heterocycles. The largest absolute Gasteiger partial charge is 1.00 e. The normalized spacial score (nSPS) is 16.0. The van der Waals surface area contributed by atoms with Crippen molar-refractivity contribution in [2.24, 2.45) is 48.2 Å². The summed E-state index contributed by atoms with van der Waals surface area (Å²) in [5.74, 6) is 0.0442. The second-order valence-electron chi connectivity index (χ2n) is 30.2. The molecular formula is C90H110BI3N16NaO7Sn. The number of unbranched alkanes of at least 4 members (excludes halogenated alkanes) is 3. The number of rotatable bonds is 17. The van der Waals surface area contributed by atoms with E-state index in [1.165, 1.54) is 47.7 Å². The summed E-state index contributed by atoms with van der Waals surface area (Å²) in [5.41, 5.74) is 20.5. The topological polar surface area (TPSA) is 259 Å². The minimum atomic E-state index is -1.94. The number of aromatic nitrogens is 8. The number of aliphatic hydroxyl groups excluding tert-OH is 2. The van der Waals surface area contributed by atoms with Crippen molar-refractivity contribution < 1.29 is 65.2 Å². The smallest absolute Gasteiger partial charge is 1.00 e. The van der Waals surface area contributed by atoms with Gasteiger partial charge in [-0.05, 0) is 157 Å². The van der Waals surface area contributed by atoms with Crippen LogP contribution in [0.3, 0.4) is 0 Å². The summed E-state index contributed by atoms with van der Waals surface area (Å²) in [4.78, 5) is 87.2. The molecule has 621 valence electrons. The molecule has 4 aromatic carbocycles. The minimum absolute atomic E-state index is 0. The molecule has 4 aromatic heterocycles. The molecule has 0 fully saturated rings. The number of amides is 4. The maximum atomic E-state index is 12.6. The summed E-state index contributed by atoms with van der Waals surface area (Å²) >= 11 is 4.66. The van der Waals surface area contributed by atoms with Gasteiger partial charge in [-0.15, -0.1) is 0 Å². The maximum absolute atomic E-state index is 12.6. The van der Waals surface area contributed by atoms with Gasteiger partial charge in [0.05, 0.1) is 57.8 Å². The maximum Gasteiger partial charge on any atom is 1.00 e. The second-order valence-corrected chi connectivity index (χ2v) is 45.4.